The molecular formula is C11H17N3. The topological polar surface area (TPSA) is 29.9 Å². The summed E-state index contributed by atoms with van der Waals surface area (Å²) in [4.78, 5) is 4.11. The molecule has 14 heavy (non-hydrogen) atoms. The lowest BCUT2D eigenvalue weighted by molar-refractivity contribution is 0.473. The summed E-state index contributed by atoms with van der Waals surface area (Å²) in [7, 11) is 2.05. The summed E-state index contributed by atoms with van der Waals surface area (Å²) in [5.41, 5.74) is 1.28. The summed E-state index contributed by atoms with van der Waals surface area (Å²) in [6.07, 6.45) is 8.13. The van der Waals surface area contributed by atoms with E-state index in [1.165, 1.54) is 25.0 Å². The smallest absolute Gasteiger partial charge is 0.0945 e. The van der Waals surface area contributed by atoms with Crippen LogP contribution in [0, 0.1) is 11.8 Å². The van der Waals surface area contributed by atoms with E-state index in [0.29, 0.717) is 0 Å². The van der Waals surface area contributed by atoms with Gasteiger partial charge in [0.15, 0.2) is 0 Å². The van der Waals surface area contributed by atoms with Crippen LogP contribution < -0.4 is 5.32 Å². The van der Waals surface area contributed by atoms with Crippen molar-refractivity contribution in [3.63, 3.8) is 0 Å². The monoisotopic (exact) mass is 191 g/mol. The Kier molecular flexibility index (Phi) is 1.87. The van der Waals surface area contributed by atoms with E-state index in [9.17, 15) is 0 Å². The first-order valence-electron chi connectivity index (χ1n) is 5.51. The Morgan fingerprint density at radius 2 is 2.21 bits per heavy atom. The number of aryl methyl sites for hydroxylation is 1. The van der Waals surface area contributed by atoms with Gasteiger partial charge >= 0.3 is 0 Å². The Bertz CT molecular complexity index is 321. The van der Waals surface area contributed by atoms with E-state index >= 15 is 0 Å². The van der Waals surface area contributed by atoms with E-state index < -0.39 is 0 Å². The molecule has 0 spiro atoms. The maximum absolute atomic E-state index is 4.11. The second-order valence-corrected chi connectivity index (χ2v) is 4.80. The molecule has 0 bridgehead atoms. The number of fused-ring (bicyclic) bond motifs is 1. The largest absolute Gasteiger partial charge is 0.337 e. The molecule has 2 aliphatic rings. The molecule has 0 aliphatic heterocycles. The van der Waals surface area contributed by atoms with Crippen LogP contribution in [0.2, 0.25) is 0 Å². The highest BCUT2D eigenvalue weighted by molar-refractivity contribution is 5.01. The van der Waals surface area contributed by atoms with Gasteiger partial charge in [0.05, 0.1) is 12.0 Å². The Balaban J connectivity index is 1.52. The van der Waals surface area contributed by atoms with E-state index in [2.05, 4.69) is 21.9 Å². The molecule has 76 valence electrons. The van der Waals surface area contributed by atoms with Crippen molar-refractivity contribution in [1.29, 1.82) is 0 Å². The lowest BCUT2D eigenvalue weighted by Gasteiger charge is -2.13. The van der Waals surface area contributed by atoms with Gasteiger partial charge in [-0.25, -0.2) is 4.98 Å². The zero-order valence-electron chi connectivity index (χ0n) is 8.61. The third-order valence-corrected chi connectivity index (χ3v) is 3.73. The second kappa shape index (κ2) is 3.09. The standard InChI is InChI=1S/C11H17N3/c1-14-7-12-5-11(14)6-13-10-3-8-2-9(8)4-10/h5,7-10,13H,2-4,6H2,1H3. The Morgan fingerprint density at radius 1 is 1.43 bits per heavy atom. The van der Waals surface area contributed by atoms with E-state index in [4.69, 9.17) is 0 Å². The lowest BCUT2D eigenvalue weighted by atomic mass is 10.1. The van der Waals surface area contributed by atoms with Crippen molar-refractivity contribution in [3.8, 4) is 0 Å². The highest BCUT2D eigenvalue weighted by Crippen LogP contribution is 2.51. The van der Waals surface area contributed by atoms with E-state index in [1.807, 2.05) is 12.5 Å². The Labute approximate surface area is 84.5 Å². The average molecular weight is 191 g/mol. The first-order valence-corrected chi connectivity index (χ1v) is 5.51. The summed E-state index contributed by atoms with van der Waals surface area (Å²) >= 11 is 0. The summed E-state index contributed by atoms with van der Waals surface area (Å²) < 4.78 is 2.09. The number of imidazole rings is 1. The number of rotatable bonds is 3. The van der Waals surface area contributed by atoms with Gasteiger partial charge in [-0.2, -0.15) is 0 Å². The SMILES string of the molecule is Cn1cncc1CNC1CC2CC2C1. The molecule has 2 fully saturated rings. The molecule has 3 nitrogen and oxygen atoms in total. The number of hydrogen-bond acceptors (Lipinski definition) is 2. The van der Waals surface area contributed by atoms with Gasteiger partial charge in [0.25, 0.3) is 0 Å². The van der Waals surface area contributed by atoms with Gasteiger partial charge in [-0.3, -0.25) is 0 Å². The molecule has 0 aromatic carbocycles. The number of hydrogen-bond donors (Lipinski definition) is 1. The van der Waals surface area contributed by atoms with Crippen molar-refractivity contribution in [1.82, 2.24) is 14.9 Å². The normalized spacial score (nSPS) is 34.5. The minimum absolute atomic E-state index is 0.772. The van der Waals surface area contributed by atoms with Gasteiger partial charge in [0, 0.05) is 25.8 Å². The maximum atomic E-state index is 4.11. The maximum Gasteiger partial charge on any atom is 0.0945 e. The van der Waals surface area contributed by atoms with Crippen LogP contribution in [0.5, 0.6) is 0 Å². The van der Waals surface area contributed by atoms with Crippen LogP contribution >= 0.6 is 0 Å². The molecular weight excluding hydrogens is 174 g/mol. The predicted octanol–water partition coefficient (Wildman–Crippen LogP) is 1.31. The Hall–Kier alpha value is -0.830. The summed E-state index contributed by atoms with van der Waals surface area (Å²) in [5, 5.41) is 3.62. The van der Waals surface area contributed by atoms with Gasteiger partial charge in [-0.15, -0.1) is 0 Å². The van der Waals surface area contributed by atoms with Crippen LogP contribution in [0.25, 0.3) is 0 Å². The van der Waals surface area contributed by atoms with Crippen molar-refractivity contribution in [2.45, 2.75) is 31.8 Å². The molecule has 2 unspecified atom stereocenters. The van der Waals surface area contributed by atoms with E-state index in [-0.39, 0.29) is 0 Å². The van der Waals surface area contributed by atoms with Crippen molar-refractivity contribution >= 4 is 0 Å². The first kappa shape index (κ1) is 8.48. The highest BCUT2D eigenvalue weighted by Gasteiger charge is 2.45. The molecule has 1 aromatic rings. The van der Waals surface area contributed by atoms with Gasteiger partial charge in [-0.1, -0.05) is 0 Å². The van der Waals surface area contributed by atoms with Crippen LogP contribution in [-0.2, 0) is 13.6 Å². The van der Waals surface area contributed by atoms with Gasteiger partial charge < -0.3 is 9.88 Å². The fourth-order valence-electron chi connectivity index (χ4n) is 2.69. The number of nitrogens with one attached hydrogen (secondary N) is 1. The predicted molar refractivity (Wildman–Crippen MR) is 54.7 cm³/mol. The minimum Gasteiger partial charge on any atom is -0.337 e. The molecule has 0 saturated heterocycles. The average Bonchev–Trinajstić information content (AvgIpc) is 2.61. The van der Waals surface area contributed by atoms with Gasteiger partial charge in [0.2, 0.25) is 0 Å². The molecule has 0 radical (unpaired) electrons. The Morgan fingerprint density at radius 3 is 2.86 bits per heavy atom. The fraction of sp³-hybridized carbons (Fsp3) is 0.727. The molecule has 1 heterocycles. The van der Waals surface area contributed by atoms with Crippen LogP contribution in [0.1, 0.15) is 25.0 Å². The molecule has 3 heteroatoms. The quantitative estimate of drug-likeness (QED) is 0.780. The van der Waals surface area contributed by atoms with E-state index in [1.54, 1.807) is 0 Å². The van der Waals surface area contributed by atoms with Crippen LogP contribution in [0.15, 0.2) is 12.5 Å². The molecule has 2 aliphatic carbocycles. The molecule has 3 rings (SSSR count). The first-order chi connectivity index (χ1) is 6.83. The number of nitrogens with zero attached hydrogens (tertiary/aromatic N) is 2. The van der Waals surface area contributed by atoms with Crippen molar-refractivity contribution in [2.75, 3.05) is 0 Å². The second-order valence-electron chi connectivity index (χ2n) is 4.80. The lowest BCUT2D eigenvalue weighted by Crippen LogP contribution is -2.27. The molecule has 1 N–H and O–H groups in total. The zero-order chi connectivity index (χ0) is 9.54. The van der Waals surface area contributed by atoms with Gasteiger partial charge in [0.1, 0.15) is 0 Å². The third kappa shape index (κ3) is 1.46. The summed E-state index contributed by atoms with van der Waals surface area (Å²) in [5.74, 6) is 2.14. The summed E-state index contributed by atoms with van der Waals surface area (Å²) in [6, 6.07) is 0.772. The fourth-order valence-corrected chi connectivity index (χ4v) is 2.69. The summed E-state index contributed by atoms with van der Waals surface area (Å²) in [6.45, 7) is 0.973. The minimum atomic E-state index is 0.772. The number of aromatic nitrogens is 2. The molecule has 1 aromatic heterocycles. The van der Waals surface area contributed by atoms with Gasteiger partial charge in [-0.05, 0) is 31.1 Å². The van der Waals surface area contributed by atoms with Crippen LogP contribution in [-0.4, -0.2) is 15.6 Å². The third-order valence-electron chi connectivity index (χ3n) is 3.73. The highest BCUT2D eigenvalue weighted by atomic mass is 15.1. The van der Waals surface area contributed by atoms with Crippen molar-refractivity contribution < 1.29 is 0 Å². The van der Waals surface area contributed by atoms with E-state index in [0.717, 1.165) is 24.4 Å². The molecule has 2 saturated carbocycles. The van der Waals surface area contributed by atoms with Crippen molar-refractivity contribution in [2.24, 2.45) is 18.9 Å². The molecule has 0 amide bonds. The zero-order valence-corrected chi connectivity index (χ0v) is 8.61. The van der Waals surface area contributed by atoms with Crippen molar-refractivity contribution in [3.05, 3.63) is 18.2 Å². The van der Waals surface area contributed by atoms with Crippen LogP contribution in [0.4, 0.5) is 0 Å². The molecule has 2 atom stereocenters. The van der Waals surface area contributed by atoms with Crippen LogP contribution in [0.3, 0.4) is 0 Å².